The maximum Gasteiger partial charge on any atom is 0.231 e. The van der Waals surface area contributed by atoms with Gasteiger partial charge in [0.2, 0.25) is 17.8 Å². The molecule has 0 radical (unpaired) electrons. The zero-order valence-corrected chi connectivity index (χ0v) is 13.5. The lowest BCUT2D eigenvalue weighted by Gasteiger charge is -2.21. The molecule has 2 atom stereocenters. The third kappa shape index (κ3) is 3.65. The monoisotopic (exact) mass is 296 g/mol. The fraction of sp³-hybridized carbons (Fsp3) is 0.769. The van der Waals surface area contributed by atoms with E-state index in [0.29, 0.717) is 29.1 Å². The van der Waals surface area contributed by atoms with Crippen LogP contribution in [0, 0.1) is 0 Å². The second kappa shape index (κ2) is 6.97. The van der Waals surface area contributed by atoms with Gasteiger partial charge in [0, 0.05) is 32.4 Å². The van der Waals surface area contributed by atoms with Gasteiger partial charge in [-0.3, -0.25) is 0 Å². The zero-order chi connectivity index (χ0) is 14.5. The molecule has 0 bridgehead atoms. The lowest BCUT2D eigenvalue weighted by molar-refractivity contribution is 0.753. The summed E-state index contributed by atoms with van der Waals surface area (Å²) in [5.41, 5.74) is 0. The number of thioether (sulfide) groups is 1. The molecule has 0 amide bonds. The summed E-state index contributed by atoms with van der Waals surface area (Å²) in [6.45, 7) is 2.21. The highest BCUT2D eigenvalue weighted by Gasteiger charge is 2.27. The standard InChI is InChI=1S/C13H24N6S/c1-5-20-10-8-6-7-9(10)15-12-16-11(14-2)17-13(18-12)19(3)4/h9-10H,5-8H2,1-4H3,(H2,14,15,16,17,18). The first-order valence-electron chi connectivity index (χ1n) is 7.13. The van der Waals surface area contributed by atoms with Gasteiger partial charge in [0.15, 0.2) is 0 Å². The maximum absolute atomic E-state index is 4.48. The van der Waals surface area contributed by atoms with E-state index >= 15 is 0 Å². The lowest BCUT2D eigenvalue weighted by atomic mass is 10.2. The van der Waals surface area contributed by atoms with E-state index in [1.165, 1.54) is 19.3 Å². The molecule has 7 heteroatoms. The Balaban J connectivity index is 2.13. The van der Waals surface area contributed by atoms with Crippen molar-refractivity contribution in [2.24, 2.45) is 0 Å². The second-order valence-corrected chi connectivity index (χ2v) is 6.62. The molecular formula is C13H24N6S. The molecule has 1 aliphatic carbocycles. The van der Waals surface area contributed by atoms with Gasteiger partial charge in [-0.25, -0.2) is 0 Å². The van der Waals surface area contributed by atoms with Crippen molar-refractivity contribution < 1.29 is 0 Å². The van der Waals surface area contributed by atoms with Crippen molar-refractivity contribution in [3.8, 4) is 0 Å². The Labute approximate surface area is 125 Å². The maximum atomic E-state index is 4.48. The minimum atomic E-state index is 0.460. The summed E-state index contributed by atoms with van der Waals surface area (Å²) in [4.78, 5) is 15.1. The van der Waals surface area contributed by atoms with Crippen LogP contribution in [-0.2, 0) is 0 Å². The quantitative estimate of drug-likeness (QED) is 0.833. The number of hydrogen-bond acceptors (Lipinski definition) is 7. The number of nitrogens with zero attached hydrogens (tertiary/aromatic N) is 4. The van der Waals surface area contributed by atoms with Gasteiger partial charge in [-0.15, -0.1) is 0 Å². The predicted octanol–water partition coefficient (Wildman–Crippen LogP) is 2.07. The van der Waals surface area contributed by atoms with Crippen LogP contribution < -0.4 is 15.5 Å². The van der Waals surface area contributed by atoms with Crippen molar-refractivity contribution in [1.29, 1.82) is 0 Å². The average molecular weight is 296 g/mol. The SMILES string of the molecule is CCSC1CCCC1Nc1nc(NC)nc(N(C)C)n1. The molecular weight excluding hydrogens is 272 g/mol. The van der Waals surface area contributed by atoms with Crippen LogP contribution in [0.1, 0.15) is 26.2 Å². The zero-order valence-electron chi connectivity index (χ0n) is 12.7. The van der Waals surface area contributed by atoms with Crippen LogP contribution in [0.15, 0.2) is 0 Å². The van der Waals surface area contributed by atoms with E-state index in [2.05, 4.69) is 32.5 Å². The summed E-state index contributed by atoms with van der Waals surface area (Å²) < 4.78 is 0. The first-order chi connectivity index (χ1) is 9.63. The van der Waals surface area contributed by atoms with Crippen molar-refractivity contribution in [3.05, 3.63) is 0 Å². The highest BCUT2D eigenvalue weighted by atomic mass is 32.2. The molecule has 6 nitrogen and oxygen atoms in total. The minimum absolute atomic E-state index is 0.460. The summed E-state index contributed by atoms with van der Waals surface area (Å²) in [5, 5.41) is 7.15. The Kier molecular flexibility index (Phi) is 5.28. The van der Waals surface area contributed by atoms with Gasteiger partial charge in [-0.05, 0) is 18.6 Å². The number of nitrogens with one attached hydrogen (secondary N) is 2. The van der Waals surface area contributed by atoms with Crippen LogP contribution in [0.3, 0.4) is 0 Å². The summed E-state index contributed by atoms with van der Waals surface area (Å²) in [6, 6.07) is 0.460. The Bertz CT molecular complexity index is 439. The molecule has 2 rings (SSSR count). The van der Waals surface area contributed by atoms with Gasteiger partial charge < -0.3 is 15.5 Å². The van der Waals surface area contributed by atoms with Crippen LogP contribution >= 0.6 is 11.8 Å². The molecule has 1 fully saturated rings. The summed E-state index contributed by atoms with van der Waals surface area (Å²) in [5.74, 6) is 3.10. The van der Waals surface area contributed by atoms with Gasteiger partial charge in [0.25, 0.3) is 0 Å². The molecule has 1 heterocycles. The van der Waals surface area contributed by atoms with E-state index < -0.39 is 0 Å². The van der Waals surface area contributed by atoms with E-state index in [-0.39, 0.29) is 0 Å². The number of aromatic nitrogens is 3. The molecule has 0 aromatic carbocycles. The van der Waals surface area contributed by atoms with Crippen molar-refractivity contribution in [2.45, 2.75) is 37.5 Å². The highest BCUT2D eigenvalue weighted by Crippen LogP contribution is 2.31. The number of rotatable bonds is 6. The van der Waals surface area contributed by atoms with E-state index in [1.807, 2.05) is 37.8 Å². The minimum Gasteiger partial charge on any atom is -0.357 e. The van der Waals surface area contributed by atoms with Crippen molar-refractivity contribution >= 4 is 29.6 Å². The average Bonchev–Trinajstić information content (AvgIpc) is 2.86. The fourth-order valence-electron chi connectivity index (χ4n) is 2.41. The normalized spacial score (nSPS) is 21.8. The largest absolute Gasteiger partial charge is 0.357 e. The number of anilines is 3. The Hall–Kier alpha value is -1.24. The third-order valence-corrected chi connectivity index (χ3v) is 4.72. The Morgan fingerprint density at radius 3 is 2.60 bits per heavy atom. The smallest absolute Gasteiger partial charge is 0.231 e. The molecule has 2 unspecified atom stereocenters. The van der Waals surface area contributed by atoms with Crippen molar-refractivity contribution in [2.75, 3.05) is 42.4 Å². The molecule has 20 heavy (non-hydrogen) atoms. The molecule has 0 spiro atoms. The van der Waals surface area contributed by atoms with Gasteiger partial charge in [0.05, 0.1) is 0 Å². The summed E-state index contributed by atoms with van der Waals surface area (Å²) in [7, 11) is 5.69. The van der Waals surface area contributed by atoms with Crippen LogP contribution in [0.2, 0.25) is 0 Å². The van der Waals surface area contributed by atoms with Gasteiger partial charge in [-0.1, -0.05) is 13.3 Å². The van der Waals surface area contributed by atoms with Gasteiger partial charge in [-0.2, -0.15) is 26.7 Å². The topological polar surface area (TPSA) is 66.0 Å². The first kappa shape index (κ1) is 15.2. The molecule has 2 N–H and O–H groups in total. The van der Waals surface area contributed by atoms with Crippen LogP contribution in [0.5, 0.6) is 0 Å². The summed E-state index contributed by atoms with van der Waals surface area (Å²) in [6.07, 6.45) is 3.75. The van der Waals surface area contributed by atoms with Gasteiger partial charge >= 0.3 is 0 Å². The fourth-order valence-corrected chi connectivity index (χ4v) is 3.61. The molecule has 1 aromatic rings. The van der Waals surface area contributed by atoms with Crippen molar-refractivity contribution in [1.82, 2.24) is 15.0 Å². The third-order valence-electron chi connectivity index (χ3n) is 3.40. The van der Waals surface area contributed by atoms with E-state index in [0.717, 1.165) is 5.75 Å². The molecule has 0 saturated heterocycles. The molecule has 0 aliphatic heterocycles. The Morgan fingerprint density at radius 1 is 1.20 bits per heavy atom. The molecule has 1 aromatic heterocycles. The van der Waals surface area contributed by atoms with E-state index in [4.69, 9.17) is 0 Å². The number of hydrogen-bond donors (Lipinski definition) is 2. The second-order valence-electron chi connectivity index (χ2n) is 5.10. The van der Waals surface area contributed by atoms with Crippen LogP contribution in [0.4, 0.5) is 17.8 Å². The molecule has 1 saturated carbocycles. The summed E-state index contributed by atoms with van der Waals surface area (Å²) >= 11 is 2.03. The first-order valence-corrected chi connectivity index (χ1v) is 8.18. The van der Waals surface area contributed by atoms with E-state index in [1.54, 1.807) is 0 Å². The van der Waals surface area contributed by atoms with Crippen LogP contribution in [0.25, 0.3) is 0 Å². The lowest BCUT2D eigenvalue weighted by Crippen LogP contribution is -2.28. The Morgan fingerprint density at radius 2 is 1.95 bits per heavy atom. The predicted molar refractivity (Wildman–Crippen MR) is 86.9 cm³/mol. The molecule has 1 aliphatic rings. The highest BCUT2D eigenvalue weighted by molar-refractivity contribution is 7.99. The van der Waals surface area contributed by atoms with Gasteiger partial charge in [0.1, 0.15) is 0 Å². The molecule has 112 valence electrons. The van der Waals surface area contributed by atoms with Crippen molar-refractivity contribution in [3.63, 3.8) is 0 Å². The van der Waals surface area contributed by atoms with E-state index in [9.17, 15) is 0 Å². The van der Waals surface area contributed by atoms with Crippen LogP contribution in [-0.4, -0.2) is 53.1 Å².